The molecule has 0 aliphatic carbocycles. The normalized spacial score (nSPS) is 17.2. The highest BCUT2D eigenvalue weighted by Gasteiger charge is 2.35. The van der Waals surface area contributed by atoms with E-state index in [9.17, 15) is 4.79 Å². The van der Waals surface area contributed by atoms with E-state index in [0.29, 0.717) is 11.7 Å². The van der Waals surface area contributed by atoms with E-state index in [1.165, 1.54) is 11.3 Å². The van der Waals surface area contributed by atoms with Crippen molar-refractivity contribution in [2.75, 3.05) is 18.1 Å². The summed E-state index contributed by atoms with van der Waals surface area (Å²) in [5.41, 5.74) is 6.36. The summed E-state index contributed by atoms with van der Waals surface area (Å²) in [6.07, 6.45) is 3.93. The van der Waals surface area contributed by atoms with Crippen LogP contribution in [0.25, 0.3) is 10.8 Å². The van der Waals surface area contributed by atoms with Crippen LogP contribution in [0.4, 0.5) is 5.69 Å². The summed E-state index contributed by atoms with van der Waals surface area (Å²) in [5.74, 6) is 0.872. The minimum absolute atomic E-state index is 0.0897. The highest BCUT2D eigenvalue weighted by atomic mass is 16.5. The molecule has 0 radical (unpaired) electrons. The van der Waals surface area contributed by atoms with Crippen LogP contribution < -0.4 is 15.1 Å². The van der Waals surface area contributed by atoms with E-state index < -0.39 is 0 Å². The summed E-state index contributed by atoms with van der Waals surface area (Å²) >= 11 is 0. The van der Waals surface area contributed by atoms with Gasteiger partial charge >= 0.3 is 0 Å². The zero-order valence-corrected chi connectivity index (χ0v) is 20.0. The van der Waals surface area contributed by atoms with Crippen molar-refractivity contribution in [3.8, 4) is 5.75 Å². The van der Waals surface area contributed by atoms with Gasteiger partial charge in [-0.1, -0.05) is 56.3 Å². The molecule has 1 aliphatic heterocycles. The number of carbonyl (C=O) groups is 1. The standard InChI is InChI=1S/C28H33N3O2/c1-5-15-31-25-14-13-21(16-24(25)20(2)17-28(31,3)4)18-29-30-27(32)19-33-26-12-8-10-22-9-6-7-11-23(22)26/h6-14,16,18,20H,5,15,17,19H2,1-4H3,(H,30,32)/b29-18+. The number of fused-ring (bicyclic) bond motifs is 2. The number of rotatable bonds is 7. The van der Waals surface area contributed by atoms with Crippen molar-refractivity contribution in [2.45, 2.75) is 52.0 Å². The molecule has 5 nitrogen and oxygen atoms in total. The Morgan fingerprint density at radius 2 is 1.97 bits per heavy atom. The number of benzene rings is 3. The molecule has 3 aromatic rings. The number of nitrogens with one attached hydrogen (secondary N) is 1. The maximum absolute atomic E-state index is 12.3. The van der Waals surface area contributed by atoms with E-state index >= 15 is 0 Å². The molecular formula is C28H33N3O2. The maximum atomic E-state index is 12.3. The highest BCUT2D eigenvalue weighted by Crippen LogP contribution is 2.43. The average molecular weight is 444 g/mol. The summed E-state index contributed by atoms with van der Waals surface area (Å²) in [6, 6.07) is 20.2. The third kappa shape index (κ3) is 5.03. The monoisotopic (exact) mass is 443 g/mol. The molecule has 3 aromatic carbocycles. The van der Waals surface area contributed by atoms with Gasteiger partial charge in [-0.05, 0) is 67.3 Å². The van der Waals surface area contributed by atoms with Crippen LogP contribution in [0.15, 0.2) is 65.8 Å². The van der Waals surface area contributed by atoms with Crippen LogP contribution in [0.3, 0.4) is 0 Å². The van der Waals surface area contributed by atoms with Crippen LogP contribution in [0, 0.1) is 0 Å². The molecule has 0 fully saturated rings. The number of amides is 1. The molecule has 0 saturated carbocycles. The van der Waals surface area contributed by atoms with Gasteiger partial charge in [-0.25, -0.2) is 5.43 Å². The Hall–Kier alpha value is -3.34. The molecule has 1 amide bonds. The molecule has 0 bridgehead atoms. The molecule has 0 spiro atoms. The average Bonchev–Trinajstić information content (AvgIpc) is 2.80. The number of anilines is 1. The van der Waals surface area contributed by atoms with Gasteiger partial charge in [0.25, 0.3) is 5.91 Å². The van der Waals surface area contributed by atoms with Crippen LogP contribution in [0.1, 0.15) is 57.6 Å². The van der Waals surface area contributed by atoms with Gasteiger partial charge in [0, 0.05) is 23.2 Å². The first-order valence-electron chi connectivity index (χ1n) is 11.7. The lowest BCUT2D eigenvalue weighted by atomic mass is 9.79. The fourth-order valence-corrected chi connectivity index (χ4v) is 4.91. The second-order valence-corrected chi connectivity index (χ2v) is 9.45. The van der Waals surface area contributed by atoms with E-state index in [1.54, 1.807) is 6.21 Å². The number of nitrogens with zero attached hydrogens (tertiary/aromatic N) is 2. The van der Waals surface area contributed by atoms with Crippen LogP contribution in [0.5, 0.6) is 5.75 Å². The van der Waals surface area contributed by atoms with E-state index in [1.807, 2.05) is 42.5 Å². The van der Waals surface area contributed by atoms with E-state index in [-0.39, 0.29) is 18.1 Å². The van der Waals surface area contributed by atoms with Gasteiger partial charge < -0.3 is 9.64 Å². The Morgan fingerprint density at radius 1 is 1.18 bits per heavy atom. The molecule has 1 N–H and O–H groups in total. The van der Waals surface area contributed by atoms with Crippen molar-refractivity contribution >= 4 is 28.6 Å². The van der Waals surface area contributed by atoms with Gasteiger partial charge in [0.05, 0.1) is 6.21 Å². The molecule has 0 saturated heterocycles. The largest absolute Gasteiger partial charge is 0.483 e. The zero-order chi connectivity index (χ0) is 23.4. The maximum Gasteiger partial charge on any atom is 0.277 e. The number of hydrazone groups is 1. The summed E-state index contributed by atoms with van der Waals surface area (Å²) in [6.45, 7) is 10.1. The number of hydrogen-bond acceptors (Lipinski definition) is 4. The van der Waals surface area contributed by atoms with Gasteiger partial charge in [-0.15, -0.1) is 0 Å². The molecule has 1 unspecified atom stereocenters. The molecule has 4 rings (SSSR count). The summed E-state index contributed by atoms with van der Waals surface area (Å²) in [7, 11) is 0. The molecule has 5 heteroatoms. The molecule has 0 aromatic heterocycles. The fourth-order valence-electron chi connectivity index (χ4n) is 4.91. The van der Waals surface area contributed by atoms with Crippen molar-refractivity contribution in [3.05, 3.63) is 71.8 Å². The Balaban J connectivity index is 1.39. The van der Waals surface area contributed by atoms with Crippen molar-refractivity contribution in [3.63, 3.8) is 0 Å². The van der Waals surface area contributed by atoms with Crippen molar-refractivity contribution in [1.29, 1.82) is 0 Å². The number of ether oxygens (including phenoxy) is 1. The van der Waals surface area contributed by atoms with E-state index in [2.05, 4.69) is 61.3 Å². The quantitative estimate of drug-likeness (QED) is 0.367. The molecule has 1 aliphatic rings. The molecular weight excluding hydrogens is 410 g/mol. The van der Waals surface area contributed by atoms with Crippen molar-refractivity contribution in [1.82, 2.24) is 5.43 Å². The number of carbonyl (C=O) groups excluding carboxylic acids is 1. The van der Waals surface area contributed by atoms with Crippen molar-refractivity contribution < 1.29 is 9.53 Å². The van der Waals surface area contributed by atoms with Gasteiger partial charge in [-0.3, -0.25) is 4.79 Å². The Labute approximate surface area is 196 Å². The highest BCUT2D eigenvalue weighted by molar-refractivity contribution is 5.89. The molecule has 33 heavy (non-hydrogen) atoms. The second-order valence-electron chi connectivity index (χ2n) is 9.45. The van der Waals surface area contributed by atoms with Gasteiger partial charge in [0.1, 0.15) is 5.75 Å². The SMILES string of the molecule is CCCN1c2ccc(/C=N/NC(=O)COc3cccc4ccccc34)cc2C(C)CC1(C)C. The molecule has 1 atom stereocenters. The van der Waals surface area contributed by atoms with Crippen molar-refractivity contribution in [2.24, 2.45) is 5.10 Å². The summed E-state index contributed by atoms with van der Waals surface area (Å²) in [5, 5.41) is 6.22. The number of hydrogen-bond donors (Lipinski definition) is 1. The Morgan fingerprint density at radius 3 is 2.79 bits per heavy atom. The molecule has 1 heterocycles. The zero-order valence-electron chi connectivity index (χ0n) is 20.0. The predicted octanol–water partition coefficient (Wildman–Crippen LogP) is 5.87. The van der Waals surface area contributed by atoms with Crippen LogP contribution in [0.2, 0.25) is 0 Å². The second kappa shape index (κ2) is 9.65. The first kappa shape index (κ1) is 22.8. The molecule has 172 valence electrons. The first-order chi connectivity index (χ1) is 15.9. The lowest BCUT2D eigenvalue weighted by Gasteiger charge is -2.47. The third-order valence-corrected chi connectivity index (χ3v) is 6.37. The van der Waals surface area contributed by atoms with Gasteiger partial charge in [0.2, 0.25) is 0 Å². The third-order valence-electron chi connectivity index (χ3n) is 6.37. The van der Waals surface area contributed by atoms with Crippen LogP contribution in [-0.4, -0.2) is 30.8 Å². The smallest absolute Gasteiger partial charge is 0.277 e. The minimum atomic E-state index is -0.290. The topological polar surface area (TPSA) is 53.9 Å². The lowest BCUT2D eigenvalue weighted by molar-refractivity contribution is -0.123. The Bertz CT molecular complexity index is 1160. The fraction of sp³-hybridized carbons (Fsp3) is 0.357. The van der Waals surface area contributed by atoms with Crippen LogP contribution >= 0.6 is 0 Å². The summed E-state index contributed by atoms with van der Waals surface area (Å²) < 4.78 is 5.74. The Kier molecular flexibility index (Phi) is 6.68. The minimum Gasteiger partial charge on any atom is -0.483 e. The van der Waals surface area contributed by atoms with E-state index in [4.69, 9.17) is 4.74 Å². The predicted molar refractivity (Wildman–Crippen MR) is 136 cm³/mol. The van der Waals surface area contributed by atoms with Gasteiger partial charge in [0.15, 0.2) is 6.61 Å². The van der Waals surface area contributed by atoms with Gasteiger partial charge in [-0.2, -0.15) is 5.10 Å². The summed E-state index contributed by atoms with van der Waals surface area (Å²) in [4.78, 5) is 14.8. The first-order valence-corrected chi connectivity index (χ1v) is 11.7. The lowest BCUT2D eigenvalue weighted by Crippen LogP contribution is -2.48. The van der Waals surface area contributed by atoms with E-state index in [0.717, 1.165) is 35.7 Å². The van der Waals surface area contributed by atoms with Crippen LogP contribution in [-0.2, 0) is 4.79 Å².